The van der Waals surface area contributed by atoms with Gasteiger partial charge in [0.15, 0.2) is 11.0 Å². The molecule has 3 heteroatoms. The maximum absolute atomic E-state index is 4.81. The van der Waals surface area contributed by atoms with Gasteiger partial charge in [0, 0.05) is 5.92 Å². The Morgan fingerprint density at radius 2 is 2.05 bits per heavy atom. The molecular formula is C18H18N3+. The van der Waals surface area contributed by atoms with Crippen LogP contribution in [-0.4, -0.2) is 9.90 Å². The van der Waals surface area contributed by atoms with E-state index < -0.39 is 0 Å². The van der Waals surface area contributed by atoms with Gasteiger partial charge < -0.3 is 0 Å². The molecule has 104 valence electrons. The molecule has 2 aliphatic rings. The lowest BCUT2D eigenvalue weighted by atomic mass is 10.2. The van der Waals surface area contributed by atoms with Gasteiger partial charge in [-0.05, 0) is 24.1 Å². The van der Waals surface area contributed by atoms with Crippen molar-refractivity contribution in [2.45, 2.75) is 19.5 Å². The average molecular weight is 276 g/mol. The Morgan fingerprint density at radius 3 is 2.86 bits per heavy atom. The van der Waals surface area contributed by atoms with Gasteiger partial charge in [-0.15, -0.1) is 9.36 Å². The normalized spacial score (nSPS) is 17.2. The smallest absolute Gasteiger partial charge is 0.128 e. The number of allylic oxidation sites excluding steroid dienone is 8. The van der Waals surface area contributed by atoms with Crippen LogP contribution in [0.15, 0.2) is 72.4 Å². The molecule has 0 fully saturated rings. The van der Waals surface area contributed by atoms with Crippen LogP contribution in [0, 0.1) is 5.92 Å². The monoisotopic (exact) mass is 276 g/mol. The Bertz CT molecular complexity index is 778. The fourth-order valence-corrected chi connectivity index (χ4v) is 2.98. The average Bonchev–Trinajstić information content (AvgIpc) is 3.23. The molecular weight excluding hydrogens is 258 g/mol. The lowest BCUT2D eigenvalue weighted by Crippen LogP contribution is -2.38. The van der Waals surface area contributed by atoms with E-state index in [1.165, 1.54) is 16.6 Å². The Kier molecular flexibility index (Phi) is 3.03. The molecule has 2 aromatic rings. The van der Waals surface area contributed by atoms with Crippen molar-refractivity contribution in [2.24, 2.45) is 5.92 Å². The Morgan fingerprint density at radius 1 is 1.19 bits per heavy atom. The number of hydrogen-bond acceptors (Lipinski definition) is 1. The molecule has 1 heterocycles. The molecule has 0 N–H and O–H groups in total. The fraction of sp³-hybridized carbons (Fsp3) is 0.222. The molecule has 0 spiro atoms. The van der Waals surface area contributed by atoms with Crippen LogP contribution >= 0.6 is 0 Å². The zero-order valence-electron chi connectivity index (χ0n) is 11.9. The van der Waals surface area contributed by atoms with Crippen LogP contribution in [0.5, 0.6) is 0 Å². The lowest BCUT2D eigenvalue weighted by Gasteiger charge is -1.99. The molecule has 0 saturated carbocycles. The minimum Gasteiger partial charge on any atom is -0.128 e. The van der Waals surface area contributed by atoms with Crippen molar-refractivity contribution >= 4 is 11.0 Å². The van der Waals surface area contributed by atoms with Crippen LogP contribution < -0.4 is 4.68 Å². The van der Waals surface area contributed by atoms with Gasteiger partial charge in [0.05, 0.1) is 5.21 Å². The Labute approximate surface area is 124 Å². The highest BCUT2D eigenvalue weighted by atomic mass is 15.5. The molecule has 0 amide bonds. The number of rotatable bonds is 4. The van der Waals surface area contributed by atoms with Crippen LogP contribution in [0.3, 0.4) is 0 Å². The predicted octanol–water partition coefficient (Wildman–Crippen LogP) is 2.95. The zero-order chi connectivity index (χ0) is 14.1. The summed E-state index contributed by atoms with van der Waals surface area (Å²) in [5, 5.41) is 4.81. The summed E-state index contributed by atoms with van der Waals surface area (Å²) in [5.41, 5.74) is 3.74. The summed E-state index contributed by atoms with van der Waals surface area (Å²) < 4.78 is 4.23. The second-order valence-corrected chi connectivity index (χ2v) is 5.57. The topological polar surface area (TPSA) is 21.7 Å². The molecule has 1 aromatic carbocycles. The third-order valence-corrected chi connectivity index (χ3v) is 4.05. The summed E-state index contributed by atoms with van der Waals surface area (Å²) in [6.45, 7) is 1.75. The first kappa shape index (κ1) is 12.3. The third-order valence-electron chi connectivity index (χ3n) is 4.05. The van der Waals surface area contributed by atoms with E-state index in [1.807, 2.05) is 0 Å². The highest BCUT2D eigenvalue weighted by molar-refractivity contribution is 5.70. The van der Waals surface area contributed by atoms with E-state index in [9.17, 15) is 0 Å². The standard InChI is InChI=1S/C18H18N3/c1-2-8-15(7-1)13-20-17-11-5-6-12-18(17)21(19-20)14-16-9-3-4-10-16/h1-3,5-12,15H,4,13-14H2/q+1. The van der Waals surface area contributed by atoms with Gasteiger partial charge in [-0.25, -0.2) is 0 Å². The quantitative estimate of drug-likeness (QED) is 0.787. The minimum absolute atomic E-state index is 0.451. The number of para-hydroxylation sites is 2. The molecule has 0 aliphatic heterocycles. The number of aromatic nitrogens is 3. The highest BCUT2D eigenvalue weighted by Crippen LogP contribution is 2.16. The molecule has 0 saturated heterocycles. The lowest BCUT2D eigenvalue weighted by molar-refractivity contribution is -0.725. The van der Waals surface area contributed by atoms with E-state index in [0.29, 0.717) is 5.92 Å². The summed E-state index contributed by atoms with van der Waals surface area (Å²) in [7, 11) is 0. The van der Waals surface area contributed by atoms with Crippen molar-refractivity contribution < 1.29 is 4.68 Å². The third kappa shape index (κ3) is 2.35. The van der Waals surface area contributed by atoms with Gasteiger partial charge in [-0.2, -0.15) is 0 Å². The van der Waals surface area contributed by atoms with Crippen LogP contribution in [0.25, 0.3) is 11.0 Å². The molecule has 0 bridgehead atoms. The predicted molar refractivity (Wildman–Crippen MR) is 83.5 cm³/mol. The molecule has 21 heavy (non-hydrogen) atoms. The van der Waals surface area contributed by atoms with Crippen LogP contribution in [0.2, 0.25) is 0 Å². The molecule has 2 aliphatic carbocycles. The first-order valence-electron chi connectivity index (χ1n) is 7.46. The van der Waals surface area contributed by atoms with E-state index >= 15 is 0 Å². The zero-order valence-corrected chi connectivity index (χ0v) is 11.9. The first-order chi connectivity index (χ1) is 10.4. The van der Waals surface area contributed by atoms with Crippen LogP contribution in [0.4, 0.5) is 0 Å². The van der Waals surface area contributed by atoms with Crippen molar-refractivity contribution in [3.05, 3.63) is 72.4 Å². The van der Waals surface area contributed by atoms with Crippen molar-refractivity contribution in [3.8, 4) is 0 Å². The van der Waals surface area contributed by atoms with Crippen molar-refractivity contribution in [2.75, 3.05) is 0 Å². The number of fused-ring (bicyclic) bond motifs is 1. The van der Waals surface area contributed by atoms with Gasteiger partial charge in [0.2, 0.25) is 0 Å². The summed E-state index contributed by atoms with van der Waals surface area (Å²) in [5.74, 6) is 0.451. The second-order valence-electron chi connectivity index (χ2n) is 5.57. The fourth-order valence-electron chi connectivity index (χ4n) is 2.98. The van der Waals surface area contributed by atoms with Crippen molar-refractivity contribution in [3.63, 3.8) is 0 Å². The molecule has 1 aromatic heterocycles. The summed E-state index contributed by atoms with van der Waals surface area (Å²) >= 11 is 0. The van der Waals surface area contributed by atoms with Gasteiger partial charge >= 0.3 is 0 Å². The van der Waals surface area contributed by atoms with Gasteiger partial charge in [-0.3, -0.25) is 0 Å². The Balaban J connectivity index is 1.71. The van der Waals surface area contributed by atoms with E-state index in [-0.39, 0.29) is 0 Å². The van der Waals surface area contributed by atoms with Crippen molar-refractivity contribution in [1.82, 2.24) is 9.90 Å². The summed E-state index contributed by atoms with van der Waals surface area (Å²) in [6.07, 6.45) is 16.4. The second kappa shape index (κ2) is 5.17. The van der Waals surface area contributed by atoms with Gasteiger partial charge in [0.25, 0.3) is 0 Å². The number of benzene rings is 1. The summed E-state index contributed by atoms with van der Waals surface area (Å²) in [4.78, 5) is 0. The van der Waals surface area contributed by atoms with E-state index in [4.69, 9.17) is 5.21 Å². The first-order valence-corrected chi connectivity index (χ1v) is 7.46. The molecule has 4 rings (SSSR count). The van der Waals surface area contributed by atoms with E-state index in [2.05, 4.69) is 76.2 Å². The maximum Gasteiger partial charge on any atom is 0.198 e. The summed E-state index contributed by atoms with van der Waals surface area (Å²) in [6, 6.07) is 8.47. The molecule has 0 atom stereocenters. The highest BCUT2D eigenvalue weighted by Gasteiger charge is 2.20. The van der Waals surface area contributed by atoms with Crippen molar-refractivity contribution in [1.29, 1.82) is 0 Å². The SMILES string of the molecule is C1=CC(Cn2n[n+](CC3=CCC=C3)c3ccccc32)C=C1. The van der Waals surface area contributed by atoms with Gasteiger partial charge in [0.1, 0.15) is 13.1 Å². The number of hydrogen-bond donors (Lipinski definition) is 0. The molecule has 0 radical (unpaired) electrons. The van der Waals surface area contributed by atoms with Gasteiger partial charge in [-0.1, -0.05) is 54.7 Å². The largest absolute Gasteiger partial charge is 0.198 e. The Hall–Kier alpha value is -2.42. The van der Waals surface area contributed by atoms with Crippen LogP contribution in [0.1, 0.15) is 6.42 Å². The van der Waals surface area contributed by atoms with E-state index in [0.717, 1.165) is 19.5 Å². The van der Waals surface area contributed by atoms with Crippen LogP contribution in [-0.2, 0) is 13.1 Å². The van der Waals surface area contributed by atoms with E-state index in [1.54, 1.807) is 0 Å². The molecule has 0 unspecified atom stereocenters. The molecule has 3 nitrogen and oxygen atoms in total. The minimum atomic E-state index is 0.451. The number of nitrogens with zero attached hydrogens (tertiary/aromatic N) is 3. The maximum atomic E-state index is 4.81.